The van der Waals surface area contributed by atoms with Gasteiger partial charge in [-0.05, 0) is 50.3 Å². The number of fused-ring (bicyclic) bond motifs is 1. The second kappa shape index (κ2) is 4.34. The van der Waals surface area contributed by atoms with Crippen LogP contribution in [0, 0.1) is 5.92 Å². The number of hydrogen-bond acceptors (Lipinski definition) is 2. The quantitative estimate of drug-likeness (QED) is 0.915. The molecule has 3 heteroatoms. The van der Waals surface area contributed by atoms with Gasteiger partial charge >= 0.3 is 0 Å². The summed E-state index contributed by atoms with van der Waals surface area (Å²) in [6.07, 6.45) is 6.47. The highest BCUT2D eigenvalue weighted by atomic mass is 15.1. The minimum atomic E-state index is 0.581. The van der Waals surface area contributed by atoms with Crippen molar-refractivity contribution in [3.8, 4) is 0 Å². The summed E-state index contributed by atoms with van der Waals surface area (Å²) < 4.78 is 2.52. The van der Waals surface area contributed by atoms with Crippen molar-refractivity contribution in [2.24, 2.45) is 11.7 Å². The molecular formula is C16H21N3. The average molecular weight is 255 g/mol. The van der Waals surface area contributed by atoms with Crippen LogP contribution in [0.15, 0.2) is 24.3 Å². The Morgan fingerprint density at radius 1 is 1.16 bits per heavy atom. The normalized spacial score (nSPS) is 27.2. The van der Waals surface area contributed by atoms with E-state index in [1.165, 1.54) is 43.4 Å². The monoisotopic (exact) mass is 255 g/mol. The largest absolute Gasteiger partial charge is 0.330 e. The fraction of sp³-hybridized carbons (Fsp3) is 0.562. The second-order valence-corrected chi connectivity index (χ2v) is 6.09. The van der Waals surface area contributed by atoms with Crippen molar-refractivity contribution < 1.29 is 0 Å². The molecule has 3 nitrogen and oxygen atoms in total. The highest BCUT2D eigenvalue weighted by Gasteiger charge is 2.35. The van der Waals surface area contributed by atoms with Crippen molar-refractivity contribution in [3.05, 3.63) is 30.1 Å². The predicted octanol–water partition coefficient (Wildman–Crippen LogP) is 3.21. The van der Waals surface area contributed by atoms with E-state index in [2.05, 4.69) is 28.8 Å². The molecule has 2 aromatic rings. The van der Waals surface area contributed by atoms with E-state index in [4.69, 9.17) is 10.7 Å². The Morgan fingerprint density at radius 3 is 2.79 bits per heavy atom. The SMILES string of the molecule is NCC1CCCC1c1nc2ccccc2n1C1CC1. The van der Waals surface area contributed by atoms with Crippen LogP contribution in [0.1, 0.15) is 49.9 Å². The first-order valence-electron chi connectivity index (χ1n) is 7.55. The molecule has 4 rings (SSSR count). The smallest absolute Gasteiger partial charge is 0.113 e. The summed E-state index contributed by atoms with van der Waals surface area (Å²) in [5.41, 5.74) is 8.44. The van der Waals surface area contributed by atoms with Gasteiger partial charge in [0.25, 0.3) is 0 Å². The number of rotatable bonds is 3. The molecule has 1 aromatic heterocycles. The number of imidazole rings is 1. The lowest BCUT2D eigenvalue weighted by molar-refractivity contribution is 0.461. The van der Waals surface area contributed by atoms with Gasteiger partial charge in [-0.2, -0.15) is 0 Å². The predicted molar refractivity (Wildman–Crippen MR) is 77.1 cm³/mol. The van der Waals surface area contributed by atoms with Crippen LogP contribution in [0.25, 0.3) is 11.0 Å². The van der Waals surface area contributed by atoms with Crippen molar-refractivity contribution in [1.82, 2.24) is 9.55 Å². The molecule has 2 fully saturated rings. The Bertz CT molecular complexity index is 597. The highest BCUT2D eigenvalue weighted by molar-refractivity contribution is 5.76. The topological polar surface area (TPSA) is 43.8 Å². The Morgan fingerprint density at radius 2 is 2.00 bits per heavy atom. The molecule has 100 valence electrons. The average Bonchev–Trinajstić information content (AvgIpc) is 3.05. The molecule has 2 saturated carbocycles. The summed E-state index contributed by atoms with van der Waals surface area (Å²) in [5.74, 6) is 2.53. The van der Waals surface area contributed by atoms with Crippen LogP contribution >= 0.6 is 0 Å². The third-order valence-electron chi connectivity index (χ3n) is 4.83. The molecule has 0 amide bonds. The third-order valence-corrected chi connectivity index (χ3v) is 4.83. The number of benzene rings is 1. The zero-order valence-electron chi connectivity index (χ0n) is 11.3. The fourth-order valence-corrected chi connectivity index (χ4v) is 3.70. The van der Waals surface area contributed by atoms with Gasteiger partial charge in [0.2, 0.25) is 0 Å². The minimum Gasteiger partial charge on any atom is -0.330 e. The van der Waals surface area contributed by atoms with E-state index < -0.39 is 0 Å². The molecule has 1 heterocycles. The van der Waals surface area contributed by atoms with E-state index in [0.29, 0.717) is 17.9 Å². The molecule has 2 N–H and O–H groups in total. The second-order valence-electron chi connectivity index (χ2n) is 6.09. The summed E-state index contributed by atoms with van der Waals surface area (Å²) >= 11 is 0. The fourth-order valence-electron chi connectivity index (χ4n) is 3.70. The van der Waals surface area contributed by atoms with Crippen LogP contribution < -0.4 is 5.73 Å². The van der Waals surface area contributed by atoms with Crippen LogP contribution in [0.4, 0.5) is 0 Å². The van der Waals surface area contributed by atoms with Gasteiger partial charge in [0, 0.05) is 12.0 Å². The first kappa shape index (κ1) is 11.5. The first-order chi connectivity index (χ1) is 9.38. The lowest BCUT2D eigenvalue weighted by atomic mass is 9.95. The van der Waals surface area contributed by atoms with E-state index in [9.17, 15) is 0 Å². The summed E-state index contributed by atoms with van der Waals surface area (Å²) in [7, 11) is 0. The van der Waals surface area contributed by atoms with Gasteiger partial charge < -0.3 is 10.3 Å². The maximum absolute atomic E-state index is 5.96. The molecule has 2 aliphatic carbocycles. The molecule has 0 spiro atoms. The maximum Gasteiger partial charge on any atom is 0.113 e. The zero-order valence-corrected chi connectivity index (χ0v) is 11.3. The van der Waals surface area contributed by atoms with E-state index >= 15 is 0 Å². The van der Waals surface area contributed by atoms with Gasteiger partial charge in [-0.15, -0.1) is 0 Å². The lowest BCUT2D eigenvalue weighted by Crippen LogP contribution is -2.20. The highest BCUT2D eigenvalue weighted by Crippen LogP contribution is 2.45. The first-order valence-corrected chi connectivity index (χ1v) is 7.55. The Kier molecular flexibility index (Phi) is 2.62. The Hall–Kier alpha value is -1.35. The number of hydrogen-bond donors (Lipinski definition) is 1. The van der Waals surface area contributed by atoms with Crippen molar-refractivity contribution in [2.45, 2.75) is 44.1 Å². The van der Waals surface area contributed by atoms with Gasteiger partial charge in [0.1, 0.15) is 5.82 Å². The Balaban J connectivity index is 1.86. The molecule has 19 heavy (non-hydrogen) atoms. The third kappa shape index (κ3) is 1.79. The molecule has 0 saturated heterocycles. The lowest BCUT2D eigenvalue weighted by Gasteiger charge is -2.19. The van der Waals surface area contributed by atoms with E-state index in [1.54, 1.807) is 0 Å². The van der Waals surface area contributed by atoms with Gasteiger partial charge in [-0.25, -0.2) is 4.98 Å². The summed E-state index contributed by atoms with van der Waals surface area (Å²) in [4.78, 5) is 4.96. The number of nitrogens with two attached hydrogens (primary N) is 1. The molecule has 2 unspecified atom stereocenters. The van der Waals surface area contributed by atoms with Crippen molar-refractivity contribution in [2.75, 3.05) is 6.54 Å². The molecular weight excluding hydrogens is 234 g/mol. The van der Waals surface area contributed by atoms with Crippen LogP contribution in [-0.2, 0) is 0 Å². The summed E-state index contributed by atoms with van der Waals surface area (Å²) in [6, 6.07) is 9.27. The molecule has 1 aromatic carbocycles. The van der Waals surface area contributed by atoms with Gasteiger partial charge in [0.05, 0.1) is 11.0 Å². The van der Waals surface area contributed by atoms with Gasteiger partial charge in [-0.1, -0.05) is 18.6 Å². The van der Waals surface area contributed by atoms with Crippen molar-refractivity contribution in [3.63, 3.8) is 0 Å². The summed E-state index contributed by atoms with van der Waals surface area (Å²) in [5, 5.41) is 0. The van der Waals surface area contributed by atoms with Gasteiger partial charge in [-0.3, -0.25) is 0 Å². The summed E-state index contributed by atoms with van der Waals surface area (Å²) in [6.45, 7) is 0.804. The molecule has 0 radical (unpaired) electrons. The van der Waals surface area contributed by atoms with E-state index in [-0.39, 0.29) is 0 Å². The van der Waals surface area contributed by atoms with Crippen LogP contribution in [-0.4, -0.2) is 16.1 Å². The van der Waals surface area contributed by atoms with E-state index in [1.807, 2.05) is 0 Å². The molecule has 0 bridgehead atoms. The van der Waals surface area contributed by atoms with Crippen LogP contribution in [0.3, 0.4) is 0 Å². The Labute approximate surface area is 113 Å². The van der Waals surface area contributed by atoms with Crippen molar-refractivity contribution >= 4 is 11.0 Å². The molecule has 2 atom stereocenters. The maximum atomic E-state index is 5.96. The van der Waals surface area contributed by atoms with Crippen LogP contribution in [0.2, 0.25) is 0 Å². The van der Waals surface area contributed by atoms with Gasteiger partial charge in [0.15, 0.2) is 0 Å². The minimum absolute atomic E-state index is 0.581. The van der Waals surface area contributed by atoms with E-state index in [0.717, 1.165) is 12.1 Å². The standard InChI is InChI=1S/C16H21N3/c17-10-11-4-3-5-13(11)16-18-14-6-1-2-7-15(14)19(16)12-8-9-12/h1-2,6-7,11-13H,3-5,8-10,17H2. The zero-order chi connectivity index (χ0) is 12.8. The van der Waals surface area contributed by atoms with Crippen LogP contribution in [0.5, 0.6) is 0 Å². The molecule has 0 aliphatic heterocycles. The van der Waals surface area contributed by atoms with Crippen molar-refractivity contribution in [1.29, 1.82) is 0 Å². The number of aromatic nitrogens is 2. The number of nitrogens with zero attached hydrogens (tertiary/aromatic N) is 2. The molecule has 2 aliphatic rings. The number of para-hydroxylation sites is 2.